The molecule has 1 amide bonds. The molecule has 2 aromatic rings. The van der Waals surface area contributed by atoms with Crippen LogP contribution in [-0.4, -0.2) is 36.5 Å². The molecule has 0 aliphatic heterocycles. The highest BCUT2D eigenvalue weighted by Gasteiger charge is 2.13. The van der Waals surface area contributed by atoms with Crippen molar-refractivity contribution in [1.82, 2.24) is 9.88 Å². The van der Waals surface area contributed by atoms with E-state index in [1.54, 1.807) is 25.6 Å². The van der Waals surface area contributed by atoms with Gasteiger partial charge in [0.15, 0.2) is 0 Å². The Morgan fingerprint density at radius 3 is 2.87 bits per heavy atom. The van der Waals surface area contributed by atoms with Crippen molar-refractivity contribution in [3.63, 3.8) is 0 Å². The van der Waals surface area contributed by atoms with E-state index in [0.29, 0.717) is 13.0 Å². The summed E-state index contributed by atoms with van der Waals surface area (Å²) in [7, 11) is 3.68. The van der Waals surface area contributed by atoms with Crippen LogP contribution in [0.3, 0.4) is 0 Å². The Balaban J connectivity index is 1.85. The van der Waals surface area contributed by atoms with Crippen LogP contribution in [0.1, 0.15) is 24.9 Å². The lowest BCUT2D eigenvalue weighted by Crippen LogP contribution is -2.27. The van der Waals surface area contributed by atoms with Gasteiger partial charge in [-0.05, 0) is 43.8 Å². The number of nitrogens with one attached hydrogen (secondary N) is 1. The zero-order valence-corrected chi connectivity index (χ0v) is 13.8. The standard InChI is InChI=1S/C18H23N3O2/c1-14(15-6-4-8-17(12-15)23-3)21(2)11-9-18(22)20-16-7-5-10-19-13-16/h4-8,10,12-14H,9,11H2,1-3H3,(H,20,22)/t14-/m0/s1. The summed E-state index contributed by atoms with van der Waals surface area (Å²) in [4.78, 5) is 18.1. The molecule has 122 valence electrons. The van der Waals surface area contributed by atoms with E-state index < -0.39 is 0 Å². The van der Waals surface area contributed by atoms with Crippen LogP contribution in [-0.2, 0) is 4.79 Å². The largest absolute Gasteiger partial charge is 0.497 e. The normalized spacial score (nSPS) is 12.0. The average molecular weight is 313 g/mol. The van der Waals surface area contributed by atoms with Crippen LogP contribution in [0.15, 0.2) is 48.8 Å². The molecule has 0 radical (unpaired) electrons. The van der Waals surface area contributed by atoms with Crippen LogP contribution in [0.4, 0.5) is 5.69 Å². The first-order valence-corrected chi connectivity index (χ1v) is 7.64. The maximum atomic E-state index is 12.0. The number of methoxy groups -OCH3 is 1. The number of benzene rings is 1. The summed E-state index contributed by atoms with van der Waals surface area (Å²) in [6.07, 6.45) is 3.75. The third-order valence-electron chi connectivity index (χ3n) is 3.87. The van der Waals surface area contributed by atoms with Crippen LogP contribution in [0, 0.1) is 0 Å². The van der Waals surface area contributed by atoms with Gasteiger partial charge in [0.05, 0.1) is 19.0 Å². The second-order valence-electron chi connectivity index (χ2n) is 5.47. The van der Waals surface area contributed by atoms with Crippen molar-refractivity contribution in [3.8, 4) is 5.75 Å². The molecule has 0 fully saturated rings. The number of rotatable bonds is 7. The topological polar surface area (TPSA) is 54.5 Å². The second kappa shape index (κ2) is 8.29. The summed E-state index contributed by atoms with van der Waals surface area (Å²) in [5, 5.41) is 2.85. The van der Waals surface area contributed by atoms with E-state index in [9.17, 15) is 4.79 Å². The number of carbonyl (C=O) groups is 1. The number of ether oxygens (including phenoxy) is 1. The van der Waals surface area contributed by atoms with Gasteiger partial charge >= 0.3 is 0 Å². The molecule has 5 heteroatoms. The fourth-order valence-corrected chi connectivity index (χ4v) is 2.29. The molecule has 0 saturated heterocycles. The molecule has 0 aliphatic carbocycles. The molecule has 1 atom stereocenters. The van der Waals surface area contributed by atoms with Gasteiger partial charge in [-0.1, -0.05) is 12.1 Å². The highest BCUT2D eigenvalue weighted by molar-refractivity contribution is 5.90. The maximum absolute atomic E-state index is 12.0. The van der Waals surface area contributed by atoms with Crippen molar-refractivity contribution in [2.45, 2.75) is 19.4 Å². The van der Waals surface area contributed by atoms with E-state index in [1.165, 1.54) is 5.56 Å². The van der Waals surface area contributed by atoms with Gasteiger partial charge in [0, 0.05) is 25.2 Å². The smallest absolute Gasteiger partial charge is 0.225 e. The van der Waals surface area contributed by atoms with E-state index in [2.05, 4.69) is 28.2 Å². The molecule has 0 saturated carbocycles. The van der Waals surface area contributed by atoms with E-state index in [4.69, 9.17) is 4.74 Å². The highest BCUT2D eigenvalue weighted by atomic mass is 16.5. The van der Waals surface area contributed by atoms with E-state index in [1.807, 2.05) is 31.3 Å². The summed E-state index contributed by atoms with van der Waals surface area (Å²) in [5.74, 6) is 0.833. The number of aromatic nitrogens is 1. The van der Waals surface area contributed by atoms with Crippen molar-refractivity contribution in [2.75, 3.05) is 26.0 Å². The molecule has 1 heterocycles. The van der Waals surface area contributed by atoms with Gasteiger partial charge in [-0.2, -0.15) is 0 Å². The van der Waals surface area contributed by atoms with E-state index in [0.717, 1.165) is 11.4 Å². The molecule has 1 aromatic carbocycles. The van der Waals surface area contributed by atoms with Crippen molar-refractivity contribution in [3.05, 3.63) is 54.4 Å². The van der Waals surface area contributed by atoms with Gasteiger partial charge in [-0.3, -0.25) is 14.7 Å². The van der Waals surface area contributed by atoms with Crippen LogP contribution in [0.5, 0.6) is 5.75 Å². The minimum Gasteiger partial charge on any atom is -0.497 e. The van der Waals surface area contributed by atoms with Crippen LogP contribution >= 0.6 is 0 Å². The zero-order chi connectivity index (χ0) is 16.7. The summed E-state index contributed by atoms with van der Waals surface area (Å²) in [6.45, 7) is 2.79. The molecule has 1 N–H and O–H groups in total. The van der Waals surface area contributed by atoms with Gasteiger partial charge in [0.1, 0.15) is 5.75 Å². The number of anilines is 1. The van der Waals surface area contributed by atoms with Crippen molar-refractivity contribution >= 4 is 11.6 Å². The number of hydrogen-bond donors (Lipinski definition) is 1. The third-order valence-corrected chi connectivity index (χ3v) is 3.87. The summed E-state index contributed by atoms with van der Waals surface area (Å²) < 4.78 is 5.26. The van der Waals surface area contributed by atoms with Crippen molar-refractivity contribution in [1.29, 1.82) is 0 Å². The first kappa shape index (κ1) is 17.0. The van der Waals surface area contributed by atoms with Crippen LogP contribution < -0.4 is 10.1 Å². The lowest BCUT2D eigenvalue weighted by molar-refractivity contribution is -0.116. The molecule has 5 nitrogen and oxygen atoms in total. The maximum Gasteiger partial charge on any atom is 0.225 e. The lowest BCUT2D eigenvalue weighted by atomic mass is 10.1. The number of amides is 1. The van der Waals surface area contributed by atoms with Crippen LogP contribution in [0.25, 0.3) is 0 Å². The average Bonchev–Trinajstić information content (AvgIpc) is 2.60. The Morgan fingerprint density at radius 1 is 1.35 bits per heavy atom. The molecule has 0 bridgehead atoms. The van der Waals surface area contributed by atoms with Gasteiger partial charge in [0.25, 0.3) is 0 Å². The Hall–Kier alpha value is -2.40. The van der Waals surface area contributed by atoms with Gasteiger partial charge in [0.2, 0.25) is 5.91 Å². The van der Waals surface area contributed by atoms with Gasteiger partial charge < -0.3 is 10.1 Å². The quantitative estimate of drug-likeness (QED) is 0.853. The summed E-state index contributed by atoms with van der Waals surface area (Å²) in [6, 6.07) is 11.8. The number of nitrogens with zero attached hydrogens (tertiary/aromatic N) is 2. The van der Waals surface area contributed by atoms with Gasteiger partial charge in [-0.15, -0.1) is 0 Å². The van der Waals surface area contributed by atoms with Crippen molar-refractivity contribution in [2.24, 2.45) is 0 Å². The lowest BCUT2D eigenvalue weighted by Gasteiger charge is -2.25. The monoisotopic (exact) mass is 313 g/mol. The SMILES string of the molecule is COc1cccc([C@H](C)N(C)CCC(=O)Nc2cccnc2)c1. The number of pyridine rings is 1. The zero-order valence-electron chi connectivity index (χ0n) is 13.8. The third kappa shape index (κ3) is 5.07. The second-order valence-corrected chi connectivity index (χ2v) is 5.47. The fourth-order valence-electron chi connectivity index (χ4n) is 2.29. The number of carbonyl (C=O) groups excluding carboxylic acids is 1. The molecule has 0 unspecified atom stereocenters. The molecular formula is C18H23N3O2. The van der Waals surface area contributed by atoms with E-state index in [-0.39, 0.29) is 11.9 Å². The summed E-state index contributed by atoms with van der Waals surface area (Å²) in [5.41, 5.74) is 1.89. The van der Waals surface area contributed by atoms with E-state index >= 15 is 0 Å². The Morgan fingerprint density at radius 2 is 2.17 bits per heavy atom. The van der Waals surface area contributed by atoms with Crippen LogP contribution in [0.2, 0.25) is 0 Å². The first-order chi connectivity index (χ1) is 11.1. The Kier molecular flexibility index (Phi) is 6.11. The minimum absolute atomic E-state index is 0.0114. The van der Waals surface area contributed by atoms with Gasteiger partial charge in [-0.25, -0.2) is 0 Å². The fraction of sp³-hybridized carbons (Fsp3) is 0.333. The molecule has 1 aromatic heterocycles. The Bertz CT molecular complexity index is 631. The molecule has 2 rings (SSSR count). The summed E-state index contributed by atoms with van der Waals surface area (Å²) >= 11 is 0. The first-order valence-electron chi connectivity index (χ1n) is 7.64. The highest BCUT2D eigenvalue weighted by Crippen LogP contribution is 2.22. The predicted octanol–water partition coefficient (Wildman–Crippen LogP) is 3.11. The van der Waals surface area contributed by atoms with Crippen molar-refractivity contribution < 1.29 is 9.53 Å². The molecule has 23 heavy (non-hydrogen) atoms. The number of hydrogen-bond acceptors (Lipinski definition) is 4. The Labute approximate surface area is 137 Å². The molecular weight excluding hydrogens is 290 g/mol. The predicted molar refractivity (Wildman–Crippen MR) is 91.5 cm³/mol. The molecule has 0 spiro atoms. The molecule has 0 aliphatic rings. The minimum atomic E-state index is -0.0114.